The zero-order chi connectivity index (χ0) is 17.2. The number of pyridine rings is 1. The van der Waals surface area contributed by atoms with Gasteiger partial charge >= 0.3 is 6.18 Å². The SMILES string of the molecule is Cc1cccc2c(NCC3CCN(CC(F)(F)F)CC3)ccnc12. The van der Waals surface area contributed by atoms with Crippen molar-refractivity contribution in [2.75, 3.05) is 31.5 Å². The molecule has 1 aromatic carbocycles. The van der Waals surface area contributed by atoms with Gasteiger partial charge in [-0.2, -0.15) is 13.2 Å². The van der Waals surface area contributed by atoms with Crippen molar-refractivity contribution >= 4 is 16.6 Å². The lowest BCUT2D eigenvalue weighted by molar-refractivity contribution is -0.148. The topological polar surface area (TPSA) is 28.2 Å². The molecule has 1 fully saturated rings. The van der Waals surface area contributed by atoms with Gasteiger partial charge in [0.25, 0.3) is 0 Å². The minimum atomic E-state index is -4.10. The summed E-state index contributed by atoms with van der Waals surface area (Å²) in [7, 11) is 0. The Morgan fingerprint density at radius 3 is 2.67 bits per heavy atom. The van der Waals surface area contributed by atoms with E-state index in [1.54, 1.807) is 6.20 Å². The highest BCUT2D eigenvalue weighted by molar-refractivity contribution is 5.92. The monoisotopic (exact) mass is 337 g/mol. The Labute approximate surface area is 139 Å². The Balaban J connectivity index is 1.57. The first-order valence-electron chi connectivity index (χ1n) is 8.30. The Morgan fingerprint density at radius 1 is 1.21 bits per heavy atom. The van der Waals surface area contributed by atoms with Crippen LogP contribution in [-0.4, -0.2) is 42.2 Å². The first-order valence-corrected chi connectivity index (χ1v) is 8.30. The fraction of sp³-hybridized carbons (Fsp3) is 0.500. The van der Waals surface area contributed by atoms with Gasteiger partial charge in [0.15, 0.2) is 0 Å². The molecule has 130 valence electrons. The van der Waals surface area contributed by atoms with E-state index < -0.39 is 12.7 Å². The van der Waals surface area contributed by atoms with Crippen LogP contribution in [0.5, 0.6) is 0 Å². The number of benzene rings is 1. The van der Waals surface area contributed by atoms with Gasteiger partial charge < -0.3 is 5.32 Å². The molecule has 0 radical (unpaired) electrons. The predicted molar refractivity (Wildman–Crippen MR) is 90.2 cm³/mol. The van der Waals surface area contributed by atoms with Crippen molar-refractivity contribution in [3.63, 3.8) is 0 Å². The Hall–Kier alpha value is -1.82. The first-order chi connectivity index (χ1) is 11.4. The van der Waals surface area contributed by atoms with Crippen molar-refractivity contribution in [1.29, 1.82) is 0 Å². The predicted octanol–water partition coefficient (Wildman–Crippen LogP) is 4.23. The van der Waals surface area contributed by atoms with Gasteiger partial charge in [0.1, 0.15) is 0 Å². The number of nitrogens with zero attached hydrogens (tertiary/aromatic N) is 2. The van der Waals surface area contributed by atoms with Crippen molar-refractivity contribution in [3.8, 4) is 0 Å². The molecule has 0 saturated carbocycles. The van der Waals surface area contributed by atoms with Gasteiger partial charge in [0, 0.05) is 23.8 Å². The number of anilines is 1. The number of hydrogen-bond donors (Lipinski definition) is 1. The highest BCUT2D eigenvalue weighted by Gasteiger charge is 2.32. The number of fused-ring (bicyclic) bond motifs is 1. The van der Waals surface area contributed by atoms with Crippen LogP contribution in [0.1, 0.15) is 18.4 Å². The molecule has 3 rings (SSSR count). The molecule has 0 unspecified atom stereocenters. The molecule has 1 N–H and O–H groups in total. The molecular formula is C18H22F3N3. The summed E-state index contributed by atoms with van der Waals surface area (Å²) < 4.78 is 37.3. The number of piperidine rings is 1. The number of alkyl halides is 3. The van der Waals surface area contributed by atoms with Gasteiger partial charge in [0.05, 0.1) is 12.1 Å². The molecule has 0 bridgehead atoms. The van der Waals surface area contributed by atoms with Crippen LogP contribution >= 0.6 is 0 Å². The summed E-state index contributed by atoms with van der Waals surface area (Å²) in [6, 6.07) is 8.06. The van der Waals surface area contributed by atoms with Crippen molar-refractivity contribution in [2.45, 2.75) is 25.9 Å². The maximum atomic E-state index is 12.4. The molecule has 0 aliphatic carbocycles. The van der Waals surface area contributed by atoms with Crippen molar-refractivity contribution in [2.24, 2.45) is 5.92 Å². The molecular weight excluding hydrogens is 315 g/mol. The molecule has 0 spiro atoms. The smallest absolute Gasteiger partial charge is 0.384 e. The highest BCUT2D eigenvalue weighted by atomic mass is 19.4. The lowest BCUT2D eigenvalue weighted by Gasteiger charge is -2.32. The summed E-state index contributed by atoms with van der Waals surface area (Å²) in [5.74, 6) is 0.405. The van der Waals surface area contributed by atoms with Crippen LogP contribution in [0.15, 0.2) is 30.5 Å². The summed E-state index contributed by atoms with van der Waals surface area (Å²) in [5.41, 5.74) is 3.17. The van der Waals surface area contributed by atoms with E-state index in [-0.39, 0.29) is 0 Å². The van der Waals surface area contributed by atoms with Crippen molar-refractivity contribution < 1.29 is 13.2 Å². The number of nitrogens with one attached hydrogen (secondary N) is 1. The third-order valence-electron chi connectivity index (χ3n) is 4.66. The number of aryl methyl sites for hydroxylation is 1. The second-order valence-corrected chi connectivity index (χ2v) is 6.55. The minimum Gasteiger partial charge on any atom is -0.384 e. The first kappa shape index (κ1) is 17.0. The van der Waals surface area contributed by atoms with Gasteiger partial charge in [-0.05, 0) is 50.4 Å². The Kier molecular flexibility index (Phi) is 4.94. The van der Waals surface area contributed by atoms with Crippen molar-refractivity contribution in [1.82, 2.24) is 9.88 Å². The number of aromatic nitrogens is 1. The molecule has 24 heavy (non-hydrogen) atoms. The second-order valence-electron chi connectivity index (χ2n) is 6.55. The maximum Gasteiger partial charge on any atom is 0.401 e. The van der Waals surface area contributed by atoms with Crippen LogP contribution in [0, 0.1) is 12.8 Å². The summed E-state index contributed by atoms with van der Waals surface area (Å²) in [6.07, 6.45) is -0.710. The van der Waals surface area contributed by atoms with E-state index in [1.165, 1.54) is 4.90 Å². The summed E-state index contributed by atoms with van der Waals surface area (Å²) >= 11 is 0. The van der Waals surface area contributed by atoms with Crippen LogP contribution < -0.4 is 5.32 Å². The molecule has 2 aromatic rings. The summed E-state index contributed by atoms with van der Waals surface area (Å²) in [5, 5.41) is 4.56. The number of likely N-dealkylation sites (tertiary alicyclic amines) is 1. The van der Waals surface area contributed by atoms with E-state index in [0.717, 1.165) is 41.5 Å². The van der Waals surface area contributed by atoms with Gasteiger partial charge in [-0.15, -0.1) is 0 Å². The van der Waals surface area contributed by atoms with Gasteiger partial charge in [0.2, 0.25) is 0 Å². The normalized spacial score (nSPS) is 17.3. The molecule has 0 atom stereocenters. The fourth-order valence-corrected chi connectivity index (χ4v) is 3.33. The lowest BCUT2D eigenvalue weighted by Crippen LogP contribution is -2.41. The zero-order valence-corrected chi connectivity index (χ0v) is 13.7. The number of rotatable bonds is 4. The standard InChI is InChI=1S/C18H22F3N3/c1-13-3-2-4-15-16(5-8-22-17(13)15)23-11-14-6-9-24(10-7-14)12-18(19,20)21/h2-5,8,14H,6-7,9-12H2,1H3,(H,22,23). The molecule has 3 nitrogen and oxygen atoms in total. The summed E-state index contributed by atoms with van der Waals surface area (Å²) in [4.78, 5) is 5.93. The molecule has 2 heterocycles. The van der Waals surface area contributed by atoms with Crippen LogP contribution in [-0.2, 0) is 0 Å². The van der Waals surface area contributed by atoms with Gasteiger partial charge in [-0.25, -0.2) is 0 Å². The Morgan fingerprint density at radius 2 is 1.96 bits per heavy atom. The molecule has 1 aliphatic heterocycles. The zero-order valence-electron chi connectivity index (χ0n) is 13.7. The summed E-state index contributed by atoms with van der Waals surface area (Å²) in [6.45, 7) is 3.06. The average Bonchev–Trinajstić information content (AvgIpc) is 2.53. The van der Waals surface area contributed by atoms with E-state index in [1.807, 2.05) is 31.2 Å². The van der Waals surface area contributed by atoms with Gasteiger partial charge in [-0.1, -0.05) is 18.2 Å². The van der Waals surface area contributed by atoms with Gasteiger partial charge in [-0.3, -0.25) is 9.88 Å². The van der Waals surface area contributed by atoms with E-state index >= 15 is 0 Å². The molecule has 1 aliphatic rings. The van der Waals surface area contributed by atoms with Crippen LogP contribution in [0.3, 0.4) is 0 Å². The van der Waals surface area contributed by atoms with Crippen LogP contribution in [0.4, 0.5) is 18.9 Å². The van der Waals surface area contributed by atoms with E-state index in [2.05, 4.69) is 10.3 Å². The number of hydrogen-bond acceptors (Lipinski definition) is 3. The van der Waals surface area contributed by atoms with E-state index in [9.17, 15) is 13.2 Å². The van der Waals surface area contributed by atoms with Crippen LogP contribution in [0.2, 0.25) is 0 Å². The minimum absolute atomic E-state index is 0.405. The second kappa shape index (κ2) is 6.97. The quantitative estimate of drug-likeness (QED) is 0.905. The van der Waals surface area contributed by atoms with E-state index in [0.29, 0.717) is 19.0 Å². The number of para-hydroxylation sites is 1. The molecule has 0 amide bonds. The van der Waals surface area contributed by atoms with E-state index in [4.69, 9.17) is 0 Å². The molecule has 1 saturated heterocycles. The van der Waals surface area contributed by atoms with Crippen molar-refractivity contribution in [3.05, 3.63) is 36.0 Å². The lowest BCUT2D eigenvalue weighted by atomic mass is 9.96. The molecule has 1 aromatic heterocycles. The van der Waals surface area contributed by atoms with Crippen LogP contribution in [0.25, 0.3) is 10.9 Å². The maximum absolute atomic E-state index is 12.4. The Bertz CT molecular complexity index is 691. The third-order valence-corrected chi connectivity index (χ3v) is 4.66. The molecule has 6 heteroatoms. The number of halogens is 3. The fourth-order valence-electron chi connectivity index (χ4n) is 3.33. The third kappa shape index (κ3) is 4.17. The largest absolute Gasteiger partial charge is 0.401 e. The highest BCUT2D eigenvalue weighted by Crippen LogP contribution is 2.26. The average molecular weight is 337 g/mol.